The monoisotopic (exact) mass is 313 g/mol. The molecule has 1 saturated heterocycles. The predicted molar refractivity (Wildman–Crippen MR) is 74.8 cm³/mol. The zero-order valence-electron chi connectivity index (χ0n) is 11.2. The number of nitrogens with one attached hydrogen (secondary N) is 3. The standard InChI is InChI=1S/C10H23N3O4S2/c1-11-18(14,15)9-7-13-19(16,17)8-4-10-2-5-12-6-3-10/h10-13H,2-9H2,1H3. The molecule has 0 aromatic carbocycles. The van der Waals surface area contributed by atoms with Crippen LogP contribution in [0.2, 0.25) is 0 Å². The van der Waals surface area contributed by atoms with E-state index in [1.165, 1.54) is 7.05 Å². The van der Waals surface area contributed by atoms with Gasteiger partial charge < -0.3 is 5.32 Å². The predicted octanol–water partition coefficient (Wildman–Crippen LogP) is -1.16. The molecule has 0 aromatic heterocycles. The van der Waals surface area contributed by atoms with Crippen molar-refractivity contribution in [1.82, 2.24) is 14.8 Å². The van der Waals surface area contributed by atoms with Gasteiger partial charge in [-0.25, -0.2) is 26.3 Å². The highest BCUT2D eigenvalue weighted by atomic mass is 32.2. The second-order valence-electron chi connectivity index (χ2n) is 4.72. The van der Waals surface area contributed by atoms with Crippen molar-refractivity contribution in [2.24, 2.45) is 5.92 Å². The molecule has 0 atom stereocenters. The van der Waals surface area contributed by atoms with Gasteiger partial charge in [0, 0.05) is 6.54 Å². The van der Waals surface area contributed by atoms with Crippen molar-refractivity contribution in [3.63, 3.8) is 0 Å². The van der Waals surface area contributed by atoms with Crippen molar-refractivity contribution < 1.29 is 16.8 Å². The largest absolute Gasteiger partial charge is 0.317 e. The Morgan fingerprint density at radius 3 is 2.26 bits per heavy atom. The lowest BCUT2D eigenvalue weighted by atomic mass is 9.96. The third-order valence-electron chi connectivity index (χ3n) is 3.26. The normalized spacial score (nSPS) is 18.6. The van der Waals surface area contributed by atoms with Crippen LogP contribution in [0.1, 0.15) is 19.3 Å². The van der Waals surface area contributed by atoms with Gasteiger partial charge in [-0.2, -0.15) is 0 Å². The summed E-state index contributed by atoms with van der Waals surface area (Å²) in [7, 11) is -5.43. The van der Waals surface area contributed by atoms with Crippen LogP contribution in [0.3, 0.4) is 0 Å². The number of hydrogen-bond acceptors (Lipinski definition) is 5. The Balaban J connectivity index is 2.27. The number of piperidine rings is 1. The highest BCUT2D eigenvalue weighted by molar-refractivity contribution is 7.90. The van der Waals surface area contributed by atoms with E-state index >= 15 is 0 Å². The first-order valence-electron chi connectivity index (χ1n) is 6.44. The summed E-state index contributed by atoms with van der Waals surface area (Å²) in [5.41, 5.74) is 0. The third-order valence-corrected chi connectivity index (χ3v) is 6.04. The molecular weight excluding hydrogens is 290 g/mol. The highest BCUT2D eigenvalue weighted by Crippen LogP contribution is 2.16. The second kappa shape index (κ2) is 7.53. The van der Waals surface area contributed by atoms with Crippen molar-refractivity contribution in [1.29, 1.82) is 0 Å². The van der Waals surface area contributed by atoms with E-state index in [0.717, 1.165) is 25.9 Å². The van der Waals surface area contributed by atoms with Crippen LogP contribution in [0.4, 0.5) is 0 Å². The molecule has 0 saturated carbocycles. The smallest absolute Gasteiger partial charge is 0.212 e. The van der Waals surface area contributed by atoms with Gasteiger partial charge in [0.05, 0.1) is 11.5 Å². The summed E-state index contributed by atoms with van der Waals surface area (Å²) < 4.78 is 50.2. The summed E-state index contributed by atoms with van der Waals surface area (Å²) in [6.45, 7) is 1.80. The van der Waals surface area contributed by atoms with Crippen LogP contribution in [-0.4, -0.2) is 55.0 Å². The molecule has 1 aliphatic rings. The fourth-order valence-corrected chi connectivity index (χ4v) is 3.90. The summed E-state index contributed by atoms with van der Waals surface area (Å²) in [6, 6.07) is 0. The van der Waals surface area contributed by atoms with Crippen LogP contribution >= 0.6 is 0 Å². The van der Waals surface area contributed by atoms with E-state index in [9.17, 15) is 16.8 Å². The quantitative estimate of drug-likeness (QED) is 0.524. The summed E-state index contributed by atoms with van der Waals surface area (Å²) in [4.78, 5) is 0. The molecule has 114 valence electrons. The van der Waals surface area contributed by atoms with Gasteiger partial charge in [0.25, 0.3) is 0 Å². The summed E-state index contributed by atoms with van der Waals surface area (Å²) in [5, 5.41) is 3.23. The molecule has 0 aromatic rings. The molecule has 1 fully saturated rings. The third kappa shape index (κ3) is 7.21. The van der Waals surface area contributed by atoms with Gasteiger partial charge >= 0.3 is 0 Å². The van der Waals surface area contributed by atoms with Crippen LogP contribution < -0.4 is 14.8 Å². The minimum Gasteiger partial charge on any atom is -0.317 e. The van der Waals surface area contributed by atoms with Crippen molar-refractivity contribution in [3.05, 3.63) is 0 Å². The second-order valence-corrected chi connectivity index (χ2v) is 8.69. The Morgan fingerprint density at radius 2 is 1.68 bits per heavy atom. The molecule has 1 aliphatic heterocycles. The topological polar surface area (TPSA) is 104 Å². The molecule has 0 unspecified atom stereocenters. The molecule has 0 radical (unpaired) electrons. The maximum atomic E-state index is 11.7. The maximum absolute atomic E-state index is 11.7. The molecule has 1 heterocycles. The Kier molecular flexibility index (Phi) is 6.67. The van der Waals surface area contributed by atoms with E-state index in [0.29, 0.717) is 12.3 Å². The summed E-state index contributed by atoms with van der Waals surface area (Å²) >= 11 is 0. The van der Waals surface area contributed by atoms with Crippen molar-refractivity contribution in [2.45, 2.75) is 19.3 Å². The van der Waals surface area contributed by atoms with Crippen LogP contribution in [0.15, 0.2) is 0 Å². The first-order valence-corrected chi connectivity index (χ1v) is 9.74. The number of sulfonamides is 2. The minimum absolute atomic E-state index is 0.0667. The van der Waals surface area contributed by atoms with E-state index in [2.05, 4.69) is 14.8 Å². The van der Waals surface area contributed by atoms with Gasteiger partial charge in [-0.1, -0.05) is 0 Å². The lowest BCUT2D eigenvalue weighted by Gasteiger charge is -2.22. The molecular formula is C10H23N3O4S2. The SMILES string of the molecule is CNS(=O)(=O)CCNS(=O)(=O)CCC1CCNCC1. The van der Waals surface area contributed by atoms with E-state index in [4.69, 9.17) is 0 Å². The average molecular weight is 313 g/mol. The van der Waals surface area contributed by atoms with Gasteiger partial charge in [-0.15, -0.1) is 0 Å². The molecule has 0 aliphatic carbocycles. The lowest BCUT2D eigenvalue weighted by molar-refractivity contribution is 0.365. The molecule has 0 amide bonds. The first kappa shape index (κ1) is 16.8. The van der Waals surface area contributed by atoms with Crippen molar-refractivity contribution in [3.8, 4) is 0 Å². The summed E-state index contributed by atoms with van der Waals surface area (Å²) in [5.74, 6) is 0.270. The highest BCUT2D eigenvalue weighted by Gasteiger charge is 2.18. The van der Waals surface area contributed by atoms with Gasteiger partial charge in [0.1, 0.15) is 0 Å². The molecule has 0 bridgehead atoms. The van der Waals surface area contributed by atoms with Crippen LogP contribution in [0.25, 0.3) is 0 Å². The zero-order chi connectivity index (χ0) is 14.4. The van der Waals surface area contributed by atoms with Crippen LogP contribution in [0.5, 0.6) is 0 Å². The average Bonchev–Trinajstić information content (AvgIpc) is 2.37. The van der Waals surface area contributed by atoms with Gasteiger partial charge in [0.2, 0.25) is 20.0 Å². The van der Waals surface area contributed by atoms with Crippen molar-refractivity contribution in [2.75, 3.05) is 38.2 Å². The van der Waals surface area contributed by atoms with Gasteiger partial charge in [-0.3, -0.25) is 0 Å². The zero-order valence-corrected chi connectivity index (χ0v) is 12.8. The molecule has 19 heavy (non-hydrogen) atoms. The van der Waals surface area contributed by atoms with E-state index in [1.807, 2.05) is 0 Å². The molecule has 9 heteroatoms. The van der Waals surface area contributed by atoms with Gasteiger partial charge in [-0.05, 0) is 45.3 Å². The molecule has 7 nitrogen and oxygen atoms in total. The van der Waals surface area contributed by atoms with E-state index in [-0.39, 0.29) is 18.1 Å². The number of rotatable bonds is 8. The Labute approximate surface area is 115 Å². The Hall–Kier alpha value is -0.220. The lowest BCUT2D eigenvalue weighted by Crippen LogP contribution is -2.35. The minimum atomic E-state index is -3.37. The summed E-state index contributed by atoms with van der Waals surface area (Å²) in [6.07, 6.45) is 2.64. The van der Waals surface area contributed by atoms with E-state index < -0.39 is 20.0 Å². The molecule has 3 N–H and O–H groups in total. The van der Waals surface area contributed by atoms with Crippen molar-refractivity contribution >= 4 is 20.0 Å². The fourth-order valence-electron chi connectivity index (χ4n) is 2.00. The maximum Gasteiger partial charge on any atom is 0.212 e. The molecule has 1 rings (SSSR count). The van der Waals surface area contributed by atoms with Crippen LogP contribution in [0, 0.1) is 5.92 Å². The van der Waals surface area contributed by atoms with Gasteiger partial charge in [0.15, 0.2) is 0 Å². The Bertz CT molecular complexity index is 455. The fraction of sp³-hybridized carbons (Fsp3) is 1.00. The Morgan fingerprint density at radius 1 is 1.05 bits per heavy atom. The number of hydrogen-bond donors (Lipinski definition) is 3. The molecule has 0 spiro atoms. The first-order chi connectivity index (χ1) is 8.85. The van der Waals surface area contributed by atoms with E-state index in [1.54, 1.807) is 0 Å². The van der Waals surface area contributed by atoms with Crippen LogP contribution in [-0.2, 0) is 20.0 Å².